The SMILES string of the molecule is c1ccc(-c2nc(-c3cc4c(cc3-c3ccncc3)C(c3ccccc3)(c3ccccc3)c3ccccc3-4)nc3c2sc2ccccc23)cc1. The second kappa shape index (κ2) is 11.4. The third kappa shape index (κ3) is 4.25. The predicted molar refractivity (Wildman–Crippen MR) is 206 cm³/mol. The van der Waals surface area contributed by atoms with E-state index in [9.17, 15) is 0 Å². The molecule has 3 nitrogen and oxygen atoms in total. The summed E-state index contributed by atoms with van der Waals surface area (Å²) in [5.41, 5.74) is 13.1. The first-order chi connectivity index (χ1) is 24.8. The Labute approximate surface area is 294 Å². The molecule has 234 valence electrons. The number of hydrogen-bond acceptors (Lipinski definition) is 4. The first-order valence-corrected chi connectivity index (χ1v) is 17.7. The van der Waals surface area contributed by atoms with E-state index in [0.717, 1.165) is 43.6 Å². The molecule has 0 aliphatic heterocycles. The maximum absolute atomic E-state index is 5.44. The molecule has 0 unspecified atom stereocenters. The van der Waals surface area contributed by atoms with Crippen molar-refractivity contribution in [3.05, 3.63) is 198 Å². The van der Waals surface area contributed by atoms with E-state index < -0.39 is 5.41 Å². The van der Waals surface area contributed by atoms with Crippen molar-refractivity contribution in [2.45, 2.75) is 5.41 Å². The minimum absolute atomic E-state index is 0.516. The minimum Gasteiger partial charge on any atom is -0.265 e. The molecule has 0 saturated heterocycles. The second-order valence-electron chi connectivity index (χ2n) is 12.7. The Hall–Kier alpha value is -6.23. The summed E-state index contributed by atoms with van der Waals surface area (Å²) < 4.78 is 2.31. The topological polar surface area (TPSA) is 38.7 Å². The summed E-state index contributed by atoms with van der Waals surface area (Å²) in [5.74, 6) is 0.712. The molecule has 0 radical (unpaired) electrons. The number of pyridine rings is 1. The highest BCUT2D eigenvalue weighted by Crippen LogP contribution is 2.58. The molecular formula is C46H29N3S. The molecule has 0 spiro atoms. The standard InChI is InChI=1S/C46H29N3S/c1-4-14-31(15-5-1)42-44-43(35-21-11-13-23-41(35)50-44)49-45(48-42)38-28-37-34-20-10-12-22-39(34)46(32-16-6-2-7-17-32,33-18-8-3-9-19-33)40(37)29-36(38)30-24-26-47-27-25-30/h1-29H. The zero-order valence-corrected chi connectivity index (χ0v) is 27.8. The van der Waals surface area contributed by atoms with Crippen LogP contribution >= 0.6 is 11.3 Å². The predicted octanol–water partition coefficient (Wildman–Crippen LogP) is 11.6. The van der Waals surface area contributed by atoms with Gasteiger partial charge in [0.05, 0.1) is 21.3 Å². The van der Waals surface area contributed by atoms with Crippen LogP contribution in [0.1, 0.15) is 22.3 Å². The fraction of sp³-hybridized carbons (Fsp3) is 0.0217. The van der Waals surface area contributed by atoms with E-state index in [1.165, 1.54) is 38.1 Å². The number of fused-ring (bicyclic) bond motifs is 6. The van der Waals surface area contributed by atoms with Crippen LogP contribution in [0.4, 0.5) is 0 Å². The van der Waals surface area contributed by atoms with Gasteiger partial charge in [0.2, 0.25) is 0 Å². The molecule has 3 heterocycles. The van der Waals surface area contributed by atoms with Crippen LogP contribution in [0.5, 0.6) is 0 Å². The molecule has 1 aliphatic carbocycles. The van der Waals surface area contributed by atoms with Crippen molar-refractivity contribution >= 4 is 31.6 Å². The van der Waals surface area contributed by atoms with Gasteiger partial charge >= 0.3 is 0 Å². The van der Waals surface area contributed by atoms with Crippen LogP contribution in [0, 0.1) is 0 Å². The largest absolute Gasteiger partial charge is 0.265 e. The number of rotatable bonds is 5. The first-order valence-electron chi connectivity index (χ1n) is 16.9. The number of benzene rings is 6. The molecule has 1 aliphatic rings. The van der Waals surface area contributed by atoms with Crippen molar-refractivity contribution in [3.8, 4) is 44.9 Å². The van der Waals surface area contributed by atoms with E-state index in [2.05, 4.69) is 169 Å². The summed E-state index contributed by atoms with van der Waals surface area (Å²) in [6.45, 7) is 0. The molecule has 0 N–H and O–H groups in total. The van der Waals surface area contributed by atoms with Crippen LogP contribution in [0.25, 0.3) is 65.2 Å². The van der Waals surface area contributed by atoms with Gasteiger partial charge in [-0.1, -0.05) is 133 Å². The Morgan fingerprint density at radius 2 is 1.10 bits per heavy atom. The molecule has 6 aromatic carbocycles. The van der Waals surface area contributed by atoms with Crippen LogP contribution in [-0.2, 0) is 5.41 Å². The normalized spacial score (nSPS) is 13.0. The number of hydrogen-bond donors (Lipinski definition) is 0. The molecule has 4 heteroatoms. The van der Waals surface area contributed by atoms with Crippen molar-refractivity contribution in [3.63, 3.8) is 0 Å². The van der Waals surface area contributed by atoms with Crippen LogP contribution in [0.15, 0.2) is 176 Å². The van der Waals surface area contributed by atoms with Gasteiger partial charge in [0, 0.05) is 33.6 Å². The monoisotopic (exact) mass is 655 g/mol. The molecule has 0 amide bonds. The lowest BCUT2D eigenvalue weighted by molar-refractivity contribution is 0.769. The summed E-state index contributed by atoms with van der Waals surface area (Å²) in [4.78, 5) is 15.3. The smallest absolute Gasteiger partial charge is 0.161 e. The Morgan fingerprint density at radius 1 is 0.460 bits per heavy atom. The molecule has 0 bridgehead atoms. The van der Waals surface area contributed by atoms with Crippen LogP contribution < -0.4 is 0 Å². The van der Waals surface area contributed by atoms with E-state index >= 15 is 0 Å². The Kier molecular flexibility index (Phi) is 6.58. The van der Waals surface area contributed by atoms with Gasteiger partial charge in [0.1, 0.15) is 0 Å². The van der Waals surface area contributed by atoms with Gasteiger partial charge in [0.15, 0.2) is 5.82 Å². The quantitative estimate of drug-likeness (QED) is 0.185. The third-order valence-electron chi connectivity index (χ3n) is 10.1. The van der Waals surface area contributed by atoms with Crippen LogP contribution in [0.3, 0.4) is 0 Å². The molecule has 0 fully saturated rings. The van der Waals surface area contributed by atoms with E-state index in [-0.39, 0.29) is 0 Å². The fourth-order valence-electron chi connectivity index (χ4n) is 7.95. The van der Waals surface area contributed by atoms with E-state index in [1.54, 1.807) is 11.3 Å². The van der Waals surface area contributed by atoms with Gasteiger partial charge in [-0.25, -0.2) is 9.97 Å². The van der Waals surface area contributed by atoms with Crippen LogP contribution in [-0.4, -0.2) is 15.0 Å². The maximum Gasteiger partial charge on any atom is 0.161 e. The molecular weight excluding hydrogens is 627 g/mol. The molecule has 0 saturated carbocycles. The fourth-order valence-corrected chi connectivity index (χ4v) is 9.10. The van der Waals surface area contributed by atoms with Gasteiger partial charge in [-0.3, -0.25) is 4.98 Å². The van der Waals surface area contributed by atoms with E-state index in [0.29, 0.717) is 5.82 Å². The summed E-state index contributed by atoms with van der Waals surface area (Å²) in [5, 5.41) is 1.15. The highest BCUT2D eigenvalue weighted by atomic mass is 32.1. The average molecular weight is 656 g/mol. The zero-order chi connectivity index (χ0) is 33.1. The summed E-state index contributed by atoms with van der Waals surface area (Å²) in [6, 6.07) is 58.8. The molecule has 0 atom stereocenters. The lowest BCUT2D eigenvalue weighted by Crippen LogP contribution is -2.28. The highest BCUT2D eigenvalue weighted by molar-refractivity contribution is 7.26. The lowest BCUT2D eigenvalue weighted by atomic mass is 9.67. The Bertz CT molecular complexity index is 2650. The molecule has 10 rings (SSSR count). The third-order valence-corrected chi connectivity index (χ3v) is 11.3. The highest BCUT2D eigenvalue weighted by Gasteiger charge is 2.46. The molecule has 9 aromatic rings. The molecule has 3 aromatic heterocycles. The summed E-state index contributed by atoms with van der Waals surface area (Å²) in [7, 11) is 0. The van der Waals surface area contributed by atoms with Crippen molar-refractivity contribution in [1.82, 2.24) is 15.0 Å². The Balaban J connectivity index is 1.34. The van der Waals surface area contributed by atoms with Gasteiger partial charge in [-0.15, -0.1) is 11.3 Å². The van der Waals surface area contributed by atoms with Gasteiger partial charge < -0.3 is 0 Å². The minimum atomic E-state index is -0.516. The van der Waals surface area contributed by atoms with Crippen molar-refractivity contribution in [2.24, 2.45) is 0 Å². The molecule has 50 heavy (non-hydrogen) atoms. The second-order valence-corrected chi connectivity index (χ2v) is 13.8. The lowest BCUT2D eigenvalue weighted by Gasteiger charge is -2.34. The number of aromatic nitrogens is 3. The zero-order valence-electron chi connectivity index (χ0n) is 27.0. The maximum atomic E-state index is 5.44. The van der Waals surface area contributed by atoms with Crippen molar-refractivity contribution < 1.29 is 0 Å². The number of thiophene rings is 1. The van der Waals surface area contributed by atoms with Gasteiger partial charge in [0.25, 0.3) is 0 Å². The summed E-state index contributed by atoms with van der Waals surface area (Å²) in [6.07, 6.45) is 3.74. The van der Waals surface area contributed by atoms with E-state index in [4.69, 9.17) is 9.97 Å². The Morgan fingerprint density at radius 3 is 1.84 bits per heavy atom. The summed E-state index contributed by atoms with van der Waals surface area (Å²) >= 11 is 1.76. The van der Waals surface area contributed by atoms with E-state index in [1.807, 2.05) is 12.4 Å². The van der Waals surface area contributed by atoms with Crippen molar-refractivity contribution in [2.75, 3.05) is 0 Å². The van der Waals surface area contributed by atoms with Gasteiger partial charge in [-0.2, -0.15) is 0 Å². The first kappa shape index (κ1) is 28.8. The number of nitrogens with zero attached hydrogens (tertiary/aromatic N) is 3. The van der Waals surface area contributed by atoms with Crippen molar-refractivity contribution in [1.29, 1.82) is 0 Å². The average Bonchev–Trinajstić information content (AvgIpc) is 3.72. The van der Waals surface area contributed by atoms with Gasteiger partial charge in [-0.05, 0) is 74.8 Å². The van der Waals surface area contributed by atoms with Crippen LogP contribution in [0.2, 0.25) is 0 Å².